The highest BCUT2D eigenvalue weighted by Gasteiger charge is 2.22. The van der Waals surface area contributed by atoms with Crippen molar-refractivity contribution in [2.75, 3.05) is 29.1 Å². The predicted octanol–water partition coefficient (Wildman–Crippen LogP) is 2.19. The number of benzene rings is 1. The number of anilines is 2. The Morgan fingerprint density at radius 3 is 2.65 bits per heavy atom. The molecule has 1 aliphatic rings. The van der Waals surface area contributed by atoms with Crippen molar-refractivity contribution in [1.29, 1.82) is 0 Å². The second kappa shape index (κ2) is 9.60. The fourth-order valence-electron chi connectivity index (χ4n) is 3.66. The average Bonchev–Trinajstić information content (AvgIpc) is 3.51. The molecular weight excluding hydrogens is 476 g/mol. The van der Waals surface area contributed by atoms with Crippen LogP contribution in [0.15, 0.2) is 52.2 Å². The van der Waals surface area contributed by atoms with Gasteiger partial charge >= 0.3 is 0 Å². The first-order valence-electron chi connectivity index (χ1n) is 10.8. The quantitative estimate of drug-likeness (QED) is 0.328. The number of rotatable bonds is 8. The highest BCUT2D eigenvalue weighted by Crippen LogP contribution is 2.21. The SMILES string of the molecule is Nc1nc(S(=O)(=O)NCCc2ccc(NC3CCSCC3)cc2)nc2nc(-c3ccco3)nn12. The second-order valence-electron chi connectivity index (χ2n) is 7.86. The maximum Gasteiger partial charge on any atom is 0.276 e. The normalized spacial score (nSPS) is 15.1. The van der Waals surface area contributed by atoms with Gasteiger partial charge in [-0.3, -0.25) is 0 Å². The monoisotopic (exact) mass is 500 g/mol. The molecule has 0 saturated carbocycles. The lowest BCUT2D eigenvalue weighted by Gasteiger charge is -2.23. The van der Waals surface area contributed by atoms with Gasteiger partial charge in [-0.25, -0.2) is 13.1 Å². The first-order valence-corrected chi connectivity index (χ1v) is 13.5. The van der Waals surface area contributed by atoms with E-state index in [4.69, 9.17) is 10.2 Å². The van der Waals surface area contributed by atoms with Crippen LogP contribution in [-0.4, -0.2) is 57.1 Å². The van der Waals surface area contributed by atoms with Gasteiger partial charge in [-0.15, -0.1) is 5.10 Å². The van der Waals surface area contributed by atoms with Crippen LogP contribution in [0.1, 0.15) is 18.4 Å². The molecule has 4 N–H and O–H groups in total. The third-order valence-corrected chi connectivity index (χ3v) is 7.74. The zero-order valence-electron chi connectivity index (χ0n) is 18.2. The van der Waals surface area contributed by atoms with Crippen molar-refractivity contribution in [3.63, 3.8) is 0 Å². The zero-order valence-corrected chi connectivity index (χ0v) is 19.8. The van der Waals surface area contributed by atoms with E-state index in [2.05, 4.69) is 30.1 Å². The van der Waals surface area contributed by atoms with Crippen LogP contribution in [0, 0.1) is 0 Å². The molecule has 1 fully saturated rings. The van der Waals surface area contributed by atoms with Gasteiger partial charge in [0.25, 0.3) is 21.0 Å². The van der Waals surface area contributed by atoms with E-state index < -0.39 is 15.2 Å². The van der Waals surface area contributed by atoms with E-state index in [0.29, 0.717) is 18.2 Å². The molecule has 0 unspecified atom stereocenters. The van der Waals surface area contributed by atoms with Gasteiger partial charge in [0.15, 0.2) is 5.76 Å². The molecule has 4 heterocycles. The summed E-state index contributed by atoms with van der Waals surface area (Å²) in [6.45, 7) is 0.188. The number of fused-ring (bicyclic) bond motifs is 1. The second-order valence-corrected chi connectivity index (χ2v) is 10.8. The summed E-state index contributed by atoms with van der Waals surface area (Å²) < 4.78 is 34.5. The summed E-state index contributed by atoms with van der Waals surface area (Å²) in [4.78, 5) is 12.1. The molecule has 178 valence electrons. The van der Waals surface area contributed by atoms with Gasteiger partial charge in [-0.1, -0.05) is 12.1 Å². The molecule has 0 atom stereocenters. The molecule has 5 rings (SSSR count). The number of nitrogens with zero attached hydrogens (tertiary/aromatic N) is 5. The first kappa shape index (κ1) is 22.6. The van der Waals surface area contributed by atoms with Crippen molar-refractivity contribution in [3.8, 4) is 11.6 Å². The number of nitrogens with one attached hydrogen (secondary N) is 2. The van der Waals surface area contributed by atoms with Crippen LogP contribution in [0.4, 0.5) is 11.6 Å². The number of sulfonamides is 1. The predicted molar refractivity (Wildman–Crippen MR) is 130 cm³/mol. The number of hydrogen-bond acceptors (Lipinski definition) is 10. The van der Waals surface area contributed by atoms with Crippen molar-refractivity contribution < 1.29 is 12.8 Å². The Kier molecular flexibility index (Phi) is 6.39. The molecule has 11 nitrogen and oxygen atoms in total. The van der Waals surface area contributed by atoms with Gasteiger partial charge < -0.3 is 15.5 Å². The minimum Gasteiger partial charge on any atom is -0.461 e. The van der Waals surface area contributed by atoms with E-state index in [-0.39, 0.29) is 24.1 Å². The van der Waals surface area contributed by atoms with E-state index in [9.17, 15) is 8.42 Å². The van der Waals surface area contributed by atoms with E-state index in [1.807, 2.05) is 36.0 Å². The van der Waals surface area contributed by atoms with E-state index >= 15 is 0 Å². The Morgan fingerprint density at radius 2 is 1.91 bits per heavy atom. The van der Waals surface area contributed by atoms with Gasteiger partial charge in [0, 0.05) is 18.3 Å². The molecule has 13 heteroatoms. The van der Waals surface area contributed by atoms with E-state index in [0.717, 1.165) is 11.3 Å². The number of hydrogen-bond donors (Lipinski definition) is 3. The zero-order chi connectivity index (χ0) is 23.5. The highest BCUT2D eigenvalue weighted by atomic mass is 32.2. The van der Waals surface area contributed by atoms with Crippen LogP contribution in [0.5, 0.6) is 0 Å². The van der Waals surface area contributed by atoms with Gasteiger partial charge in [0.05, 0.1) is 6.26 Å². The first-order chi connectivity index (χ1) is 16.5. The Morgan fingerprint density at radius 1 is 1.12 bits per heavy atom. The van der Waals surface area contributed by atoms with Crippen molar-refractivity contribution in [2.24, 2.45) is 0 Å². The third kappa shape index (κ3) is 5.00. The van der Waals surface area contributed by atoms with Gasteiger partial charge in [-0.05, 0) is 60.6 Å². The maximum atomic E-state index is 12.7. The topological polar surface area (TPSA) is 153 Å². The standard InChI is InChI=1S/C21H24N8O3S2/c22-19-26-21(27-20-25-18(28-29(19)20)17-2-1-11-32-17)34(30,31)23-10-7-14-3-5-15(6-4-14)24-16-8-12-33-13-9-16/h1-6,11,16,23-24H,7-10,12-13H2,(H2,22,25,26,27,28). The molecule has 0 amide bonds. The lowest BCUT2D eigenvalue weighted by atomic mass is 10.1. The van der Waals surface area contributed by atoms with Gasteiger partial charge in [-0.2, -0.15) is 31.2 Å². The van der Waals surface area contributed by atoms with Crippen molar-refractivity contribution in [3.05, 3.63) is 48.2 Å². The third-order valence-electron chi connectivity index (χ3n) is 5.45. The fourth-order valence-corrected chi connectivity index (χ4v) is 5.68. The van der Waals surface area contributed by atoms with Gasteiger partial charge in [0.1, 0.15) is 0 Å². The number of nitrogen functional groups attached to an aromatic ring is 1. The number of aromatic nitrogens is 5. The molecule has 4 aromatic rings. The summed E-state index contributed by atoms with van der Waals surface area (Å²) >= 11 is 2.00. The summed E-state index contributed by atoms with van der Waals surface area (Å²) in [5, 5.41) is 7.27. The number of thioether (sulfide) groups is 1. The number of nitrogens with two attached hydrogens (primary N) is 1. The molecule has 1 aliphatic heterocycles. The molecule has 0 spiro atoms. The van der Waals surface area contributed by atoms with Crippen LogP contribution in [0.2, 0.25) is 0 Å². The minimum atomic E-state index is -3.99. The molecule has 3 aromatic heterocycles. The van der Waals surface area contributed by atoms with Crippen LogP contribution in [0.3, 0.4) is 0 Å². The van der Waals surface area contributed by atoms with Crippen LogP contribution < -0.4 is 15.8 Å². The van der Waals surface area contributed by atoms with E-state index in [1.54, 1.807) is 12.1 Å². The molecule has 1 saturated heterocycles. The molecule has 0 bridgehead atoms. The Bertz CT molecular complexity index is 1370. The van der Waals surface area contributed by atoms with Crippen molar-refractivity contribution in [2.45, 2.75) is 30.5 Å². The molecule has 1 aromatic carbocycles. The lowest BCUT2D eigenvalue weighted by molar-refractivity contribution is 0.571. The van der Waals surface area contributed by atoms with Crippen molar-refractivity contribution >= 4 is 39.2 Å². The maximum absolute atomic E-state index is 12.7. The van der Waals surface area contributed by atoms with Crippen LogP contribution in [0.25, 0.3) is 17.4 Å². The Balaban J connectivity index is 1.22. The number of furan rings is 1. The largest absolute Gasteiger partial charge is 0.461 e. The Hall–Kier alpha value is -3.16. The lowest BCUT2D eigenvalue weighted by Crippen LogP contribution is -2.28. The molecule has 0 aliphatic carbocycles. The summed E-state index contributed by atoms with van der Waals surface area (Å²) in [7, 11) is -3.99. The molecule has 0 radical (unpaired) electrons. The summed E-state index contributed by atoms with van der Waals surface area (Å²) in [5.41, 5.74) is 8.00. The summed E-state index contributed by atoms with van der Waals surface area (Å²) in [6, 6.07) is 12.0. The van der Waals surface area contributed by atoms with Crippen LogP contribution >= 0.6 is 11.8 Å². The fraction of sp³-hybridized carbons (Fsp3) is 0.333. The molecule has 34 heavy (non-hydrogen) atoms. The summed E-state index contributed by atoms with van der Waals surface area (Å²) in [5.74, 6) is 2.90. The van der Waals surface area contributed by atoms with E-state index in [1.165, 1.54) is 35.1 Å². The minimum absolute atomic E-state index is 0.0129. The highest BCUT2D eigenvalue weighted by molar-refractivity contribution is 7.99. The molecular formula is C21H24N8O3S2. The van der Waals surface area contributed by atoms with Crippen LogP contribution in [-0.2, 0) is 16.4 Å². The van der Waals surface area contributed by atoms with Gasteiger partial charge in [0.2, 0.25) is 11.8 Å². The average molecular weight is 501 g/mol. The van der Waals surface area contributed by atoms with Crippen molar-refractivity contribution in [1.82, 2.24) is 29.3 Å². The summed E-state index contributed by atoms with van der Waals surface area (Å²) in [6.07, 6.45) is 4.35. The Labute approximate surface area is 200 Å². The smallest absolute Gasteiger partial charge is 0.276 e.